The van der Waals surface area contributed by atoms with Crippen molar-refractivity contribution >= 4 is 34.4 Å². The number of rotatable bonds is 2. The van der Waals surface area contributed by atoms with E-state index in [1.807, 2.05) is 35.8 Å². The molecule has 4 heteroatoms. The highest BCUT2D eigenvalue weighted by atomic mass is 32.2. The second-order valence-electron chi connectivity index (χ2n) is 4.86. The molecule has 0 saturated carbocycles. The normalized spacial score (nSPS) is 25.4. The standard InChI is InChI=1S/C15H18N2S2/c1-10-15(19-9-8-18-10)13(16)12-6-2-4-11-5-3-7-17-14(11)12/h2-7,10,13,15H,8-9,16H2,1H3. The number of aromatic nitrogens is 1. The van der Waals surface area contributed by atoms with Gasteiger partial charge in [-0.05, 0) is 11.6 Å². The number of nitrogens with zero attached hydrogens (tertiary/aromatic N) is 1. The van der Waals surface area contributed by atoms with E-state index in [-0.39, 0.29) is 6.04 Å². The van der Waals surface area contributed by atoms with Crippen molar-refractivity contribution in [2.75, 3.05) is 11.5 Å². The first-order valence-corrected chi connectivity index (χ1v) is 8.69. The number of benzene rings is 1. The van der Waals surface area contributed by atoms with Crippen LogP contribution in [0.2, 0.25) is 0 Å². The highest BCUT2D eigenvalue weighted by molar-refractivity contribution is 8.07. The first-order valence-electron chi connectivity index (χ1n) is 6.60. The molecule has 1 aromatic carbocycles. The first-order chi connectivity index (χ1) is 9.27. The maximum Gasteiger partial charge on any atom is 0.0750 e. The van der Waals surface area contributed by atoms with Gasteiger partial charge in [-0.25, -0.2) is 0 Å². The van der Waals surface area contributed by atoms with Crippen LogP contribution in [0.25, 0.3) is 10.9 Å². The van der Waals surface area contributed by atoms with Gasteiger partial charge in [-0.2, -0.15) is 23.5 Å². The van der Waals surface area contributed by atoms with Crippen LogP contribution in [0, 0.1) is 0 Å². The number of thioether (sulfide) groups is 2. The van der Waals surface area contributed by atoms with Crippen molar-refractivity contribution in [3.63, 3.8) is 0 Å². The quantitative estimate of drug-likeness (QED) is 0.919. The van der Waals surface area contributed by atoms with Gasteiger partial charge in [0, 0.05) is 39.6 Å². The van der Waals surface area contributed by atoms with Gasteiger partial charge in [-0.15, -0.1) is 0 Å². The highest BCUT2D eigenvalue weighted by Gasteiger charge is 2.30. The largest absolute Gasteiger partial charge is 0.323 e. The van der Waals surface area contributed by atoms with Crippen LogP contribution in [0.4, 0.5) is 0 Å². The topological polar surface area (TPSA) is 38.9 Å². The molecule has 0 spiro atoms. The van der Waals surface area contributed by atoms with Gasteiger partial charge < -0.3 is 5.73 Å². The summed E-state index contributed by atoms with van der Waals surface area (Å²) < 4.78 is 0. The van der Waals surface area contributed by atoms with Gasteiger partial charge in [0.1, 0.15) is 0 Å². The van der Waals surface area contributed by atoms with E-state index in [0.29, 0.717) is 10.5 Å². The number of fused-ring (bicyclic) bond motifs is 1. The van der Waals surface area contributed by atoms with E-state index >= 15 is 0 Å². The van der Waals surface area contributed by atoms with Gasteiger partial charge in [0.2, 0.25) is 0 Å². The third-order valence-electron chi connectivity index (χ3n) is 3.61. The number of hydrogen-bond acceptors (Lipinski definition) is 4. The zero-order valence-corrected chi connectivity index (χ0v) is 12.6. The molecule has 0 radical (unpaired) electrons. The molecule has 0 amide bonds. The first kappa shape index (κ1) is 13.3. The molecule has 100 valence electrons. The van der Waals surface area contributed by atoms with Gasteiger partial charge in [-0.1, -0.05) is 31.2 Å². The minimum atomic E-state index is 0.0615. The summed E-state index contributed by atoms with van der Waals surface area (Å²) in [7, 11) is 0. The van der Waals surface area contributed by atoms with Crippen LogP contribution >= 0.6 is 23.5 Å². The molecule has 1 aromatic heterocycles. The Hall–Kier alpha value is -0.710. The van der Waals surface area contributed by atoms with E-state index in [1.54, 1.807) is 0 Å². The molecule has 19 heavy (non-hydrogen) atoms. The summed E-state index contributed by atoms with van der Waals surface area (Å²) in [4.78, 5) is 4.53. The molecule has 1 aliphatic heterocycles. The molecule has 3 atom stereocenters. The summed E-state index contributed by atoms with van der Waals surface area (Å²) in [5.41, 5.74) is 8.79. The lowest BCUT2D eigenvalue weighted by molar-refractivity contribution is 0.667. The number of para-hydroxylation sites is 1. The zero-order valence-electron chi connectivity index (χ0n) is 11.0. The lowest BCUT2D eigenvalue weighted by atomic mass is 9.99. The molecule has 2 heterocycles. The Morgan fingerprint density at radius 1 is 1.21 bits per heavy atom. The van der Waals surface area contributed by atoms with Crippen molar-refractivity contribution < 1.29 is 0 Å². The van der Waals surface area contributed by atoms with Gasteiger partial charge in [0.15, 0.2) is 0 Å². The minimum Gasteiger partial charge on any atom is -0.323 e. The van der Waals surface area contributed by atoms with Crippen molar-refractivity contribution in [1.82, 2.24) is 4.98 Å². The van der Waals surface area contributed by atoms with Crippen LogP contribution in [0.3, 0.4) is 0 Å². The van der Waals surface area contributed by atoms with E-state index in [1.165, 1.54) is 22.5 Å². The van der Waals surface area contributed by atoms with E-state index in [4.69, 9.17) is 5.73 Å². The van der Waals surface area contributed by atoms with E-state index in [2.05, 4.69) is 36.2 Å². The van der Waals surface area contributed by atoms with Crippen LogP contribution < -0.4 is 5.73 Å². The predicted octanol–water partition coefficient (Wildman–Crippen LogP) is 3.47. The second kappa shape index (κ2) is 5.73. The maximum absolute atomic E-state index is 6.55. The summed E-state index contributed by atoms with van der Waals surface area (Å²) in [6.45, 7) is 2.29. The van der Waals surface area contributed by atoms with E-state index < -0.39 is 0 Å². The van der Waals surface area contributed by atoms with E-state index in [0.717, 1.165) is 5.52 Å². The van der Waals surface area contributed by atoms with E-state index in [9.17, 15) is 0 Å². The Labute approximate surface area is 122 Å². The molecule has 0 aliphatic carbocycles. The van der Waals surface area contributed by atoms with Crippen molar-refractivity contribution in [3.05, 3.63) is 42.1 Å². The van der Waals surface area contributed by atoms with Crippen LogP contribution in [-0.4, -0.2) is 27.0 Å². The van der Waals surface area contributed by atoms with Crippen molar-refractivity contribution in [2.24, 2.45) is 5.73 Å². The predicted molar refractivity (Wildman–Crippen MR) is 86.8 cm³/mol. The summed E-state index contributed by atoms with van der Waals surface area (Å²) in [5.74, 6) is 2.44. The Kier molecular flexibility index (Phi) is 4.01. The molecule has 1 saturated heterocycles. The fraction of sp³-hybridized carbons (Fsp3) is 0.400. The van der Waals surface area contributed by atoms with Crippen LogP contribution in [-0.2, 0) is 0 Å². The molecular formula is C15H18N2S2. The van der Waals surface area contributed by atoms with Gasteiger partial charge in [0.25, 0.3) is 0 Å². The Bertz CT molecular complexity index is 568. The summed E-state index contributed by atoms with van der Waals surface area (Å²) >= 11 is 4.04. The monoisotopic (exact) mass is 290 g/mol. The Morgan fingerprint density at radius 2 is 2.00 bits per heavy atom. The molecule has 2 N–H and O–H groups in total. The van der Waals surface area contributed by atoms with Crippen LogP contribution in [0.15, 0.2) is 36.5 Å². The molecule has 3 rings (SSSR count). The fourth-order valence-electron chi connectivity index (χ4n) is 2.62. The molecule has 3 unspecified atom stereocenters. The molecule has 2 nitrogen and oxygen atoms in total. The number of pyridine rings is 1. The number of hydrogen-bond donors (Lipinski definition) is 1. The highest BCUT2D eigenvalue weighted by Crippen LogP contribution is 2.38. The average molecular weight is 290 g/mol. The molecule has 2 aromatic rings. The summed E-state index contributed by atoms with van der Waals surface area (Å²) in [6.07, 6.45) is 1.85. The maximum atomic E-state index is 6.55. The van der Waals surface area contributed by atoms with Crippen molar-refractivity contribution in [2.45, 2.75) is 23.5 Å². The molecule has 1 aliphatic rings. The SMILES string of the molecule is CC1SCCSC1C(N)c1cccc2cccnc12. The molecule has 1 fully saturated rings. The molecule has 0 bridgehead atoms. The lowest BCUT2D eigenvalue weighted by Gasteiger charge is -2.32. The third kappa shape index (κ3) is 2.62. The zero-order chi connectivity index (χ0) is 13.2. The van der Waals surface area contributed by atoms with Gasteiger partial charge in [0.05, 0.1) is 5.52 Å². The molecular weight excluding hydrogens is 272 g/mol. The summed E-state index contributed by atoms with van der Waals surface area (Å²) in [6, 6.07) is 10.5. The van der Waals surface area contributed by atoms with Gasteiger partial charge in [-0.3, -0.25) is 4.98 Å². The average Bonchev–Trinajstić information content (AvgIpc) is 2.46. The second-order valence-corrected chi connectivity index (χ2v) is 7.63. The third-order valence-corrected chi connectivity index (χ3v) is 6.83. The van der Waals surface area contributed by atoms with Crippen LogP contribution in [0.5, 0.6) is 0 Å². The lowest BCUT2D eigenvalue weighted by Crippen LogP contribution is -2.34. The van der Waals surface area contributed by atoms with Crippen molar-refractivity contribution in [3.8, 4) is 0 Å². The fourth-order valence-corrected chi connectivity index (χ4v) is 5.49. The smallest absolute Gasteiger partial charge is 0.0750 e. The van der Waals surface area contributed by atoms with Crippen LogP contribution in [0.1, 0.15) is 18.5 Å². The summed E-state index contributed by atoms with van der Waals surface area (Å²) in [5, 5.41) is 2.26. The minimum absolute atomic E-state index is 0.0615. The van der Waals surface area contributed by atoms with Crippen molar-refractivity contribution in [1.29, 1.82) is 0 Å². The Morgan fingerprint density at radius 3 is 2.84 bits per heavy atom. The van der Waals surface area contributed by atoms with Gasteiger partial charge >= 0.3 is 0 Å². The number of nitrogens with two attached hydrogens (primary N) is 1. The Balaban J connectivity index is 1.99.